The van der Waals surface area contributed by atoms with Crippen LogP contribution in [0.4, 0.5) is 5.69 Å². The van der Waals surface area contributed by atoms with Crippen molar-refractivity contribution in [2.24, 2.45) is 0 Å². The number of nitrogens with two attached hydrogens (primary N) is 1. The Hall–Kier alpha value is -1.33. The molecular weight excluding hydrogens is 252 g/mol. The van der Waals surface area contributed by atoms with Crippen LogP contribution in [0.3, 0.4) is 0 Å². The van der Waals surface area contributed by atoms with Crippen LogP contribution in [0, 0.1) is 0 Å². The Morgan fingerprint density at radius 3 is 2.72 bits per heavy atom. The Morgan fingerprint density at radius 2 is 2.11 bits per heavy atom. The average molecular weight is 269 g/mol. The van der Waals surface area contributed by atoms with Gasteiger partial charge in [0.05, 0.1) is 17.4 Å². The van der Waals surface area contributed by atoms with Crippen molar-refractivity contribution in [2.75, 3.05) is 38.5 Å². The lowest BCUT2D eigenvalue weighted by Crippen LogP contribution is -2.48. The second-order valence-electron chi connectivity index (χ2n) is 4.32. The van der Waals surface area contributed by atoms with E-state index >= 15 is 0 Å². The van der Waals surface area contributed by atoms with Gasteiger partial charge in [0.25, 0.3) is 5.91 Å². The first-order chi connectivity index (χ1) is 8.61. The molecule has 2 rings (SSSR count). The first kappa shape index (κ1) is 13.1. The topological polar surface area (TPSA) is 62.5 Å². The minimum Gasteiger partial charge on any atom is -0.397 e. The minimum atomic E-state index is -0.0625. The van der Waals surface area contributed by atoms with Crippen molar-refractivity contribution in [1.82, 2.24) is 14.8 Å². The number of hydrogen-bond donors (Lipinski definition) is 1. The molecule has 98 valence electrons. The van der Waals surface area contributed by atoms with E-state index in [0.29, 0.717) is 16.4 Å². The zero-order valence-electron chi connectivity index (χ0n) is 10.4. The lowest BCUT2D eigenvalue weighted by molar-refractivity contribution is 0.0644. The number of carbonyl (C=O) groups is 1. The second-order valence-corrected chi connectivity index (χ2v) is 4.71. The summed E-state index contributed by atoms with van der Waals surface area (Å²) in [6.07, 6.45) is 1.43. The maximum Gasteiger partial charge on any atom is 0.256 e. The van der Waals surface area contributed by atoms with Crippen LogP contribution in [0.5, 0.6) is 0 Å². The third-order valence-electron chi connectivity index (χ3n) is 3.24. The van der Waals surface area contributed by atoms with Crippen molar-refractivity contribution in [3.8, 4) is 0 Å². The molecule has 6 heteroatoms. The second kappa shape index (κ2) is 5.54. The summed E-state index contributed by atoms with van der Waals surface area (Å²) in [6.45, 7) is 6.41. The first-order valence-corrected chi connectivity index (χ1v) is 6.42. The molecular formula is C12H17ClN4O. The number of nitrogens with zero attached hydrogens (tertiary/aromatic N) is 3. The molecule has 1 aromatic rings. The molecule has 1 aliphatic rings. The molecule has 2 N–H and O–H groups in total. The minimum absolute atomic E-state index is 0.0625. The number of hydrogen-bond acceptors (Lipinski definition) is 4. The van der Waals surface area contributed by atoms with Crippen LogP contribution < -0.4 is 5.73 Å². The molecule has 0 aliphatic carbocycles. The highest BCUT2D eigenvalue weighted by molar-refractivity contribution is 6.29. The van der Waals surface area contributed by atoms with Crippen LogP contribution >= 0.6 is 11.6 Å². The van der Waals surface area contributed by atoms with Gasteiger partial charge in [0.2, 0.25) is 0 Å². The van der Waals surface area contributed by atoms with Crippen molar-refractivity contribution in [3.63, 3.8) is 0 Å². The fraction of sp³-hybridized carbons (Fsp3) is 0.500. The summed E-state index contributed by atoms with van der Waals surface area (Å²) in [4.78, 5) is 20.3. The van der Waals surface area contributed by atoms with Crippen LogP contribution in [0.25, 0.3) is 0 Å². The number of piperazine rings is 1. The predicted molar refractivity (Wildman–Crippen MR) is 71.7 cm³/mol. The van der Waals surface area contributed by atoms with Crippen LogP contribution in [0.2, 0.25) is 5.15 Å². The van der Waals surface area contributed by atoms with Gasteiger partial charge in [-0.25, -0.2) is 4.98 Å². The fourth-order valence-corrected chi connectivity index (χ4v) is 2.22. The summed E-state index contributed by atoms with van der Waals surface area (Å²) in [5.41, 5.74) is 6.59. The van der Waals surface area contributed by atoms with Crippen LogP contribution in [-0.2, 0) is 0 Å². The Bertz CT molecular complexity index is 444. The molecule has 18 heavy (non-hydrogen) atoms. The van der Waals surface area contributed by atoms with Gasteiger partial charge in [0.15, 0.2) is 0 Å². The Balaban J connectivity index is 2.10. The quantitative estimate of drug-likeness (QED) is 0.816. The van der Waals surface area contributed by atoms with Gasteiger partial charge < -0.3 is 15.5 Å². The normalized spacial score (nSPS) is 16.9. The molecule has 2 heterocycles. The number of rotatable bonds is 2. The van der Waals surface area contributed by atoms with E-state index < -0.39 is 0 Å². The summed E-state index contributed by atoms with van der Waals surface area (Å²) in [6, 6.07) is 1.53. The molecule has 0 radical (unpaired) electrons. The highest BCUT2D eigenvalue weighted by Crippen LogP contribution is 2.18. The molecule has 0 saturated carbocycles. The third kappa shape index (κ3) is 2.73. The summed E-state index contributed by atoms with van der Waals surface area (Å²) in [7, 11) is 0. The SMILES string of the molecule is CCN1CCN(C(=O)c2cc(Cl)ncc2N)CC1. The Morgan fingerprint density at radius 1 is 1.44 bits per heavy atom. The third-order valence-corrected chi connectivity index (χ3v) is 3.45. The van der Waals surface area contributed by atoms with Crippen LogP contribution in [0.15, 0.2) is 12.3 Å². The number of carbonyl (C=O) groups excluding carboxylic acids is 1. The van der Waals surface area contributed by atoms with Gasteiger partial charge >= 0.3 is 0 Å². The van der Waals surface area contributed by atoms with E-state index in [-0.39, 0.29) is 5.91 Å². The average Bonchev–Trinajstić information content (AvgIpc) is 2.41. The maximum absolute atomic E-state index is 12.3. The molecule has 5 nitrogen and oxygen atoms in total. The van der Waals surface area contributed by atoms with E-state index in [4.69, 9.17) is 17.3 Å². The number of anilines is 1. The number of halogens is 1. The molecule has 0 spiro atoms. The van der Waals surface area contributed by atoms with Crippen molar-refractivity contribution in [3.05, 3.63) is 23.0 Å². The maximum atomic E-state index is 12.3. The number of aromatic nitrogens is 1. The molecule has 0 atom stereocenters. The molecule has 0 bridgehead atoms. The van der Waals surface area contributed by atoms with Gasteiger partial charge in [-0.15, -0.1) is 0 Å². The van der Waals surface area contributed by atoms with E-state index in [1.165, 1.54) is 12.3 Å². The van der Waals surface area contributed by atoms with Crippen molar-refractivity contribution in [2.45, 2.75) is 6.92 Å². The molecule has 1 aromatic heterocycles. The van der Waals surface area contributed by atoms with Crippen LogP contribution in [0.1, 0.15) is 17.3 Å². The fourth-order valence-electron chi connectivity index (χ4n) is 2.06. The Labute approximate surface area is 112 Å². The van der Waals surface area contributed by atoms with Gasteiger partial charge in [-0.2, -0.15) is 0 Å². The molecule has 1 fully saturated rings. The highest BCUT2D eigenvalue weighted by atomic mass is 35.5. The van der Waals surface area contributed by atoms with Gasteiger partial charge in [0.1, 0.15) is 5.15 Å². The van der Waals surface area contributed by atoms with E-state index in [2.05, 4.69) is 16.8 Å². The van der Waals surface area contributed by atoms with E-state index in [0.717, 1.165) is 32.7 Å². The zero-order chi connectivity index (χ0) is 13.1. The first-order valence-electron chi connectivity index (χ1n) is 6.04. The van der Waals surface area contributed by atoms with E-state index in [1.807, 2.05) is 4.90 Å². The van der Waals surface area contributed by atoms with Crippen molar-refractivity contribution < 1.29 is 4.79 Å². The molecule has 0 aromatic carbocycles. The lowest BCUT2D eigenvalue weighted by atomic mass is 10.2. The summed E-state index contributed by atoms with van der Waals surface area (Å²) in [5.74, 6) is -0.0625. The Kier molecular flexibility index (Phi) is 4.04. The standard InChI is InChI=1S/C12H17ClN4O/c1-2-16-3-5-17(6-4-16)12(18)9-7-11(13)15-8-10(9)14/h7-8H,2-6,14H2,1H3. The predicted octanol–water partition coefficient (Wildman–Crippen LogP) is 1.09. The smallest absolute Gasteiger partial charge is 0.256 e. The summed E-state index contributed by atoms with van der Waals surface area (Å²) < 4.78 is 0. The number of amides is 1. The monoisotopic (exact) mass is 268 g/mol. The van der Waals surface area contributed by atoms with Crippen molar-refractivity contribution >= 4 is 23.2 Å². The van der Waals surface area contributed by atoms with Gasteiger partial charge in [-0.3, -0.25) is 4.79 Å². The van der Waals surface area contributed by atoms with Gasteiger partial charge in [-0.05, 0) is 12.6 Å². The summed E-state index contributed by atoms with van der Waals surface area (Å²) in [5, 5.41) is 0.291. The van der Waals surface area contributed by atoms with E-state index in [1.54, 1.807) is 0 Å². The van der Waals surface area contributed by atoms with Crippen molar-refractivity contribution in [1.29, 1.82) is 0 Å². The zero-order valence-corrected chi connectivity index (χ0v) is 11.2. The lowest BCUT2D eigenvalue weighted by Gasteiger charge is -2.34. The molecule has 1 aliphatic heterocycles. The molecule has 1 amide bonds. The van der Waals surface area contributed by atoms with Gasteiger partial charge in [-0.1, -0.05) is 18.5 Å². The number of nitrogen functional groups attached to an aromatic ring is 1. The van der Waals surface area contributed by atoms with Gasteiger partial charge in [0, 0.05) is 26.2 Å². The van der Waals surface area contributed by atoms with Crippen LogP contribution in [-0.4, -0.2) is 53.4 Å². The summed E-state index contributed by atoms with van der Waals surface area (Å²) >= 11 is 5.80. The molecule has 0 unspecified atom stereocenters. The highest BCUT2D eigenvalue weighted by Gasteiger charge is 2.23. The number of pyridine rings is 1. The molecule has 1 saturated heterocycles. The van der Waals surface area contributed by atoms with E-state index in [9.17, 15) is 4.79 Å². The number of likely N-dealkylation sites (N-methyl/N-ethyl adjacent to an activating group) is 1. The largest absolute Gasteiger partial charge is 0.397 e.